The molecule has 1 atom stereocenters. The second-order valence-corrected chi connectivity index (χ2v) is 5.65. The lowest BCUT2D eigenvalue weighted by Gasteiger charge is -2.12. The molecule has 0 heterocycles. The van der Waals surface area contributed by atoms with E-state index in [2.05, 4.69) is 19.1 Å². The summed E-state index contributed by atoms with van der Waals surface area (Å²) < 4.78 is 0. The van der Waals surface area contributed by atoms with E-state index in [0.29, 0.717) is 0 Å². The highest BCUT2D eigenvalue weighted by Gasteiger charge is 2.09. The van der Waals surface area contributed by atoms with Crippen LogP contribution in [-0.4, -0.2) is 10.9 Å². The van der Waals surface area contributed by atoms with Crippen LogP contribution in [0.4, 0.5) is 0 Å². The number of hydrogen-bond acceptors (Lipinski definition) is 2. The first-order valence-electron chi connectivity index (χ1n) is 6.18. The maximum atomic E-state index is 10.3. The van der Waals surface area contributed by atoms with Crippen molar-refractivity contribution in [3.63, 3.8) is 0 Å². The first kappa shape index (κ1) is 13.2. The number of thioether (sulfide) groups is 1. The van der Waals surface area contributed by atoms with Crippen LogP contribution < -0.4 is 0 Å². The van der Waals surface area contributed by atoms with Gasteiger partial charge >= 0.3 is 0 Å². The molecule has 0 aliphatic heterocycles. The Hall–Kier alpha value is -1.25. The van der Waals surface area contributed by atoms with Crippen LogP contribution in [0.15, 0.2) is 53.4 Å². The van der Waals surface area contributed by atoms with Gasteiger partial charge in [-0.15, -0.1) is 11.8 Å². The highest BCUT2D eigenvalue weighted by molar-refractivity contribution is 7.99. The summed E-state index contributed by atoms with van der Waals surface area (Å²) in [5.74, 6) is 1.07. The van der Waals surface area contributed by atoms with Crippen molar-refractivity contribution < 1.29 is 5.11 Å². The largest absolute Gasteiger partial charge is 0.384 e. The average molecular weight is 258 g/mol. The van der Waals surface area contributed by atoms with Crippen molar-refractivity contribution in [3.05, 3.63) is 65.2 Å². The Morgan fingerprint density at radius 3 is 1.94 bits per heavy atom. The fourth-order valence-corrected chi connectivity index (χ4v) is 2.52. The number of aryl methyl sites for hydroxylation is 1. The first-order valence-corrected chi connectivity index (χ1v) is 7.16. The Morgan fingerprint density at radius 1 is 0.944 bits per heavy atom. The van der Waals surface area contributed by atoms with Crippen LogP contribution in [-0.2, 0) is 0 Å². The molecule has 1 N–H and O–H groups in total. The average Bonchev–Trinajstić information content (AvgIpc) is 2.40. The molecule has 2 rings (SSSR count). The Labute approximate surface area is 113 Å². The summed E-state index contributed by atoms with van der Waals surface area (Å²) in [6.07, 6.45) is -0.536. The number of rotatable bonds is 4. The van der Waals surface area contributed by atoms with Gasteiger partial charge in [0.2, 0.25) is 0 Å². The number of aliphatic hydroxyl groups is 1. The van der Waals surface area contributed by atoms with Crippen molar-refractivity contribution in [1.82, 2.24) is 0 Å². The molecule has 0 aliphatic rings. The molecule has 0 fully saturated rings. The van der Waals surface area contributed by atoms with E-state index in [4.69, 9.17) is 0 Å². The summed E-state index contributed by atoms with van der Waals surface area (Å²) in [6, 6.07) is 16.2. The van der Waals surface area contributed by atoms with E-state index in [-0.39, 0.29) is 0 Å². The zero-order valence-corrected chi connectivity index (χ0v) is 11.6. The fourth-order valence-electron chi connectivity index (χ4n) is 1.85. The third-order valence-corrected chi connectivity index (χ3v) is 3.79. The molecule has 2 aromatic carbocycles. The zero-order valence-electron chi connectivity index (χ0n) is 10.8. The Bertz CT molecular complexity index is 488. The summed E-state index contributed by atoms with van der Waals surface area (Å²) in [6.45, 7) is 4.19. The Morgan fingerprint density at radius 2 is 1.44 bits per heavy atom. The summed E-state index contributed by atoms with van der Waals surface area (Å²) in [5.41, 5.74) is 3.09. The number of benzene rings is 2. The molecule has 0 saturated heterocycles. The van der Waals surface area contributed by atoms with Crippen LogP contribution >= 0.6 is 11.8 Å². The van der Waals surface area contributed by atoms with Gasteiger partial charge in [0, 0.05) is 4.90 Å². The van der Waals surface area contributed by atoms with Crippen LogP contribution in [0.5, 0.6) is 0 Å². The molecule has 1 nitrogen and oxygen atoms in total. The van der Waals surface area contributed by atoms with Gasteiger partial charge in [-0.1, -0.05) is 48.9 Å². The molecule has 0 aromatic heterocycles. The topological polar surface area (TPSA) is 20.2 Å². The normalized spacial score (nSPS) is 12.4. The molecular formula is C16H18OS. The molecule has 0 aliphatic carbocycles. The van der Waals surface area contributed by atoms with Crippen LogP contribution in [0.2, 0.25) is 0 Å². The molecule has 0 amide bonds. The lowest BCUT2D eigenvalue weighted by Crippen LogP contribution is -1.99. The van der Waals surface area contributed by atoms with Crippen molar-refractivity contribution >= 4 is 11.8 Å². The van der Waals surface area contributed by atoms with Crippen LogP contribution in [0.3, 0.4) is 0 Å². The minimum absolute atomic E-state index is 0.536. The quantitative estimate of drug-likeness (QED) is 0.830. The lowest BCUT2D eigenvalue weighted by molar-refractivity contribution is 0.220. The van der Waals surface area contributed by atoms with Crippen LogP contribution in [0.25, 0.3) is 0 Å². The SMILES string of the molecule is CCSc1ccc([C@@H](O)c2ccc(C)cc2)cc1. The summed E-state index contributed by atoms with van der Waals surface area (Å²) in [5, 5.41) is 10.3. The molecule has 18 heavy (non-hydrogen) atoms. The highest BCUT2D eigenvalue weighted by Crippen LogP contribution is 2.25. The lowest BCUT2D eigenvalue weighted by atomic mass is 10.0. The maximum Gasteiger partial charge on any atom is 0.104 e. The molecule has 2 aromatic rings. The van der Waals surface area contributed by atoms with Gasteiger partial charge in [-0.3, -0.25) is 0 Å². The fraction of sp³-hybridized carbons (Fsp3) is 0.250. The van der Waals surface area contributed by atoms with Gasteiger partial charge in [-0.2, -0.15) is 0 Å². The van der Waals surface area contributed by atoms with Gasteiger partial charge in [-0.05, 0) is 35.9 Å². The van der Waals surface area contributed by atoms with Crippen LogP contribution in [0.1, 0.15) is 29.7 Å². The van der Waals surface area contributed by atoms with Gasteiger partial charge in [0.25, 0.3) is 0 Å². The number of hydrogen-bond donors (Lipinski definition) is 1. The Balaban J connectivity index is 2.17. The molecule has 2 heteroatoms. The van der Waals surface area contributed by atoms with Crippen molar-refractivity contribution in [1.29, 1.82) is 0 Å². The van der Waals surface area contributed by atoms with Crippen molar-refractivity contribution in [2.24, 2.45) is 0 Å². The van der Waals surface area contributed by atoms with Crippen molar-refractivity contribution in [2.45, 2.75) is 24.8 Å². The smallest absolute Gasteiger partial charge is 0.104 e. The summed E-state index contributed by atoms with van der Waals surface area (Å²) in [7, 11) is 0. The Kier molecular flexibility index (Phi) is 4.45. The predicted molar refractivity (Wildman–Crippen MR) is 78.1 cm³/mol. The monoisotopic (exact) mass is 258 g/mol. The van der Waals surface area contributed by atoms with Gasteiger partial charge in [0.1, 0.15) is 6.10 Å². The minimum atomic E-state index is -0.536. The van der Waals surface area contributed by atoms with Crippen LogP contribution in [0, 0.1) is 6.92 Å². The first-order chi connectivity index (χ1) is 8.70. The van der Waals surface area contributed by atoms with Gasteiger partial charge in [-0.25, -0.2) is 0 Å². The molecule has 0 bridgehead atoms. The molecule has 94 valence electrons. The number of aliphatic hydroxyl groups excluding tert-OH is 1. The van der Waals surface area contributed by atoms with Crippen molar-refractivity contribution in [2.75, 3.05) is 5.75 Å². The van der Waals surface area contributed by atoms with Gasteiger partial charge < -0.3 is 5.11 Å². The third-order valence-electron chi connectivity index (χ3n) is 2.90. The molecule has 0 unspecified atom stereocenters. The predicted octanol–water partition coefficient (Wildman–Crippen LogP) is 4.19. The van der Waals surface area contributed by atoms with E-state index in [1.165, 1.54) is 10.5 Å². The second-order valence-electron chi connectivity index (χ2n) is 4.32. The molecule has 0 saturated carbocycles. The molecule has 0 radical (unpaired) electrons. The minimum Gasteiger partial charge on any atom is -0.384 e. The van der Waals surface area contributed by atoms with Gasteiger partial charge in [0.15, 0.2) is 0 Å². The van der Waals surface area contributed by atoms with E-state index in [1.54, 1.807) is 0 Å². The maximum absolute atomic E-state index is 10.3. The van der Waals surface area contributed by atoms with E-state index in [0.717, 1.165) is 16.9 Å². The molecule has 0 spiro atoms. The van der Waals surface area contributed by atoms with Gasteiger partial charge in [0.05, 0.1) is 0 Å². The van der Waals surface area contributed by atoms with E-state index in [9.17, 15) is 5.11 Å². The highest BCUT2D eigenvalue weighted by atomic mass is 32.2. The molecular weight excluding hydrogens is 240 g/mol. The second kappa shape index (κ2) is 6.07. The van der Waals surface area contributed by atoms with E-state index < -0.39 is 6.10 Å². The summed E-state index contributed by atoms with van der Waals surface area (Å²) in [4.78, 5) is 1.25. The van der Waals surface area contributed by atoms with E-state index >= 15 is 0 Å². The zero-order chi connectivity index (χ0) is 13.0. The van der Waals surface area contributed by atoms with E-state index in [1.807, 2.05) is 55.1 Å². The third kappa shape index (κ3) is 3.15. The standard InChI is InChI=1S/C16H18OS/c1-3-18-15-10-8-14(9-11-15)16(17)13-6-4-12(2)5-7-13/h4-11,16-17H,3H2,1-2H3/t16-/m0/s1. The summed E-state index contributed by atoms with van der Waals surface area (Å²) >= 11 is 1.81. The van der Waals surface area contributed by atoms with Crippen molar-refractivity contribution in [3.8, 4) is 0 Å².